The molecule has 0 unspecified atom stereocenters. The summed E-state index contributed by atoms with van der Waals surface area (Å²) in [5.74, 6) is -0.910. The Bertz CT molecular complexity index is 366. The van der Waals surface area contributed by atoms with Crippen LogP contribution >= 0.6 is 0 Å². The average Bonchev–Trinajstić information content (AvgIpc) is 2.08. The number of ether oxygens (including phenoxy) is 1. The Labute approximate surface area is 83.0 Å². The van der Waals surface area contributed by atoms with Crippen LogP contribution in [-0.4, -0.2) is 11.3 Å². The molecule has 0 radical (unpaired) electrons. The van der Waals surface area contributed by atoms with E-state index in [1.54, 1.807) is 0 Å². The molecule has 5 nitrogen and oxygen atoms in total. The molecule has 0 aliphatic heterocycles. The summed E-state index contributed by atoms with van der Waals surface area (Å²) in [6, 6.07) is 0.999. The van der Waals surface area contributed by atoms with Crippen molar-refractivity contribution in [3.8, 4) is 5.88 Å². The first-order valence-electron chi connectivity index (χ1n) is 3.84. The number of hydrogen-bond acceptors (Lipinski definition) is 5. The maximum absolute atomic E-state index is 11.8. The minimum atomic E-state index is -4.82. The molecule has 0 amide bonds. The summed E-state index contributed by atoms with van der Waals surface area (Å²) >= 11 is 0. The van der Waals surface area contributed by atoms with Gasteiger partial charge >= 0.3 is 6.36 Å². The van der Waals surface area contributed by atoms with E-state index in [0.717, 1.165) is 6.07 Å². The van der Waals surface area contributed by atoms with Crippen molar-refractivity contribution in [3.63, 3.8) is 0 Å². The Morgan fingerprint density at radius 3 is 2.40 bits per heavy atom. The van der Waals surface area contributed by atoms with Crippen molar-refractivity contribution in [1.29, 1.82) is 0 Å². The fraction of sp³-hybridized carbons (Fsp3) is 0.286. The number of nitrogens with zero attached hydrogens (tertiary/aromatic N) is 1. The van der Waals surface area contributed by atoms with Gasteiger partial charge in [-0.15, -0.1) is 13.2 Å². The summed E-state index contributed by atoms with van der Waals surface area (Å²) < 4.78 is 39.1. The van der Waals surface area contributed by atoms with Crippen molar-refractivity contribution >= 4 is 11.5 Å². The smallest absolute Gasteiger partial charge is 0.395 e. The van der Waals surface area contributed by atoms with Gasteiger partial charge in [0.1, 0.15) is 0 Å². The molecule has 1 aromatic heterocycles. The second-order valence-corrected chi connectivity index (χ2v) is 2.67. The maximum atomic E-state index is 11.8. The van der Waals surface area contributed by atoms with Gasteiger partial charge in [0.05, 0.1) is 5.69 Å². The molecule has 15 heavy (non-hydrogen) atoms. The number of hydrogen-bond donors (Lipinski definition) is 3. The predicted octanol–water partition coefficient (Wildman–Crippen LogP) is 0.603. The van der Waals surface area contributed by atoms with Crippen molar-refractivity contribution in [2.75, 3.05) is 11.5 Å². The van der Waals surface area contributed by atoms with E-state index in [2.05, 4.69) is 9.72 Å². The SMILES string of the molecule is NCc1cc(OC(F)(F)F)nc(N)c1N. The molecule has 1 rings (SSSR count). The van der Waals surface area contributed by atoms with Crippen molar-refractivity contribution in [2.24, 2.45) is 5.73 Å². The third-order valence-corrected chi connectivity index (χ3v) is 1.59. The zero-order valence-corrected chi connectivity index (χ0v) is 7.51. The lowest BCUT2D eigenvalue weighted by Gasteiger charge is -2.11. The van der Waals surface area contributed by atoms with Crippen LogP contribution in [0.1, 0.15) is 5.56 Å². The Morgan fingerprint density at radius 2 is 1.93 bits per heavy atom. The molecule has 0 saturated carbocycles. The summed E-state index contributed by atoms with van der Waals surface area (Å²) in [5, 5.41) is 0. The maximum Gasteiger partial charge on any atom is 0.574 e. The van der Waals surface area contributed by atoms with Crippen molar-refractivity contribution < 1.29 is 17.9 Å². The molecule has 6 N–H and O–H groups in total. The van der Waals surface area contributed by atoms with Crippen LogP contribution in [0, 0.1) is 0 Å². The molecular weight excluding hydrogens is 213 g/mol. The molecule has 0 fully saturated rings. The first kappa shape index (κ1) is 11.4. The first-order chi connectivity index (χ1) is 6.83. The molecule has 0 atom stereocenters. The molecule has 1 aromatic rings. The third kappa shape index (κ3) is 2.88. The Morgan fingerprint density at radius 1 is 1.33 bits per heavy atom. The molecule has 0 saturated heterocycles. The molecule has 8 heteroatoms. The molecule has 0 aliphatic carbocycles. The van der Waals surface area contributed by atoms with Crippen LogP contribution < -0.4 is 21.9 Å². The number of rotatable bonds is 2. The van der Waals surface area contributed by atoms with Crippen LogP contribution in [0.4, 0.5) is 24.7 Å². The van der Waals surface area contributed by atoms with Gasteiger partial charge in [0, 0.05) is 12.6 Å². The second-order valence-electron chi connectivity index (χ2n) is 2.67. The van der Waals surface area contributed by atoms with E-state index in [4.69, 9.17) is 17.2 Å². The summed E-state index contributed by atoms with van der Waals surface area (Å²) in [5.41, 5.74) is 16.3. The highest BCUT2D eigenvalue weighted by atomic mass is 19.4. The quantitative estimate of drug-likeness (QED) is 0.680. The molecule has 0 aliphatic rings. The predicted molar refractivity (Wildman–Crippen MR) is 47.6 cm³/mol. The summed E-state index contributed by atoms with van der Waals surface area (Å²) in [6.07, 6.45) is -4.82. The van der Waals surface area contributed by atoms with E-state index in [1.165, 1.54) is 0 Å². The van der Waals surface area contributed by atoms with Gasteiger partial charge in [0.2, 0.25) is 5.88 Å². The molecule has 1 heterocycles. The minimum Gasteiger partial charge on any atom is -0.395 e. The van der Waals surface area contributed by atoms with Crippen molar-refractivity contribution in [3.05, 3.63) is 11.6 Å². The topological polar surface area (TPSA) is 100 Å². The lowest BCUT2D eigenvalue weighted by atomic mass is 10.2. The summed E-state index contributed by atoms with van der Waals surface area (Å²) in [4.78, 5) is 3.32. The first-order valence-corrected chi connectivity index (χ1v) is 3.84. The standard InChI is InChI=1S/C7H9F3N4O/c8-7(9,10)15-4-1-3(2-11)5(12)6(13)14-4/h1H,2,11-12H2,(H2,13,14). The number of halogens is 3. The number of anilines is 2. The van der Waals surface area contributed by atoms with E-state index in [0.29, 0.717) is 0 Å². The summed E-state index contributed by atoms with van der Waals surface area (Å²) in [6.45, 7) is -0.0488. The van der Waals surface area contributed by atoms with Gasteiger partial charge in [-0.3, -0.25) is 0 Å². The van der Waals surface area contributed by atoms with Crippen LogP contribution in [0.2, 0.25) is 0 Å². The molecule has 0 bridgehead atoms. The van der Waals surface area contributed by atoms with Crippen LogP contribution in [-0.2, 0) is 6.54 Å². The number of nitrogens with two attached hydrogens (primary N) is 3. The number of aromatic nitrogens is 1. The van der Waals surface area contributed by atoms with Crippen LogP contribution in [0.5, 0.6) is 5.88 Å². The highest BCUT2D eigenvalue weighted by Crippen LogP contribution is 2.26. The fourth-order valence-electron chi connectivity index (χ4n) is 0.942. The normalized spacial score (nSPS) is 11.5. The fourth-order valence-corrected chi connectivity index (χ4v) is 0.942. The third-order valence-electron chi connectivity index (χ3n) is 1.59. The lowest BCUT2D eigenvalue weighted by Crippen LogP contribution is -2.19. The largest absolute Gasteiger partial charge is 0.574 e. The van der Waals surface area contributed by atoms with Crippen LogP contribution in [0.3, 0.4) is 0 Å². The Hall–Kier alpha value is -1.70. The van der Waals surface area contributed by atoms with Gasteiger partial charge < -0.3 is 21.9 Å². The van der Waals surface area contributed by atoms with E-state index >= 15 is 0 Å². The Kier molecular flexibility index (Phi) is 2.89. The molecule has 84 valence electrons. The van der Waals surface area contributed by atoms with Crippen LogP contribution in [0.25, 0.3) is 0 Å². The van der Waals surface area contributed by atoms with Crippen molar-refractivity contribution in [2.45, 2.75) is 12.9 Å². The molecule has 0 spiro atoms. The zero-order chi connectivity index (χ0) is 11.6. The highest BCUT2D eigenvalue weighted by Gasteiger charge is 2.32. The molecule has 0 aromatic carbocycles. The average molecular weight is 222 g/mol. The molecular formula is C7H9F3N4O. The lowest BCUT2D eigenvalue weighted by molar-refractivity contribution is -0.276. The minimum absolute atomic E-state index is 0.0488. The van der Waals surface area contributed by atoms with Gasteiger partial charge in [0.25, 0.3) is 0 Å². The van der Waals surface area contributed by atoms with Crippen LogP contribution in [0.15, 0.2) is 6.07 Å². The van der Waals surface area contributed by atoms with E-state index in [1.807, 2.05) is 0 Å². The number of alkyl halides is 3. The van der Waals surface area contributed by atoms with Crippen molar-refractivity contribution in [1.82, 2.24) is 4.98 Å². The Balaban J connectivity index is 3.06. The van der Waals surface area contributed by atoms with Gasteiger partial charge in [-0.25, -0.2) is 0 Å². The van der Waals surface area contributed by atoms with Gasteiger partial charge in [-0.05, 0) is 5.56 Å². The highest BCUT2D eigenvalue weighted by molar-refractivity contribution is 5.64. The number of pyridine rings is 1. The van der Waals surface area contributed by atoms with Gasteiger partial charge in [-0.2, -0.15) is 4.98 Å². The second kappa shape index (κ2) is 3.81. The van der Waals surface area contributed by atoms with E-state index in [-0.39, 0.29) is 23.6 Å². The van der Waals surface area contributed by atoms with Gasteiger partial charge in [0.15, 0.2) is 5.82 Å². The van der Waals surface area contributed by atoms with E-state index in [9.17, 15) is 13.2 Å². The van der Waals surface area contributed by atoms with Gasteiger partial charge in [-0.1, -0.05) is 0 Å². The summed E-state index contributed by atoms with van der Waals surface area (Å²) in [7, 11) is 0. The zero-order valence-electron chi connectivity index (χ0n) is 7.51. The monoisotopic (exact) mass is 222 g/mol. The number of nitrogen functional groups attached to an aromatic ring is 2. The van der Waals surface area contributed by atoms with E-state index < -0.39 is 12.2 Å².